The lowest BCUT2D eigenvalue weighted by atomic mass is 9.41. The molecule has 0 radical (unpaired) electrons. The zero-order valence-electron chi connectivity index (χ0n) is 25.9. The number of aliphatic hydroxyl groups is 2. The largest absolute Gasteiger partial charge is 0.393 e. The topological polar surface area (TPSA) is 116 Å². The van der Waals surface area contributed by atoms with Gasteiger partial charge in [0.2, 0.25) is 0 Å². The zero-order valence-corrected chi connectivity index (χ0v) is 26.7. The number of fused-ring (bicyclic) bond motifs is 5. The Balaban J connectivity index is 1.23. The predicted octanol–water partition coefficient (Wildman–Crippen LogP) is 5.58. The second-order valence-electron chi connectivity index (χ2n) is 14.6. The average Bonchev–Trinajstić information content (AvgIpc) is 3.29. The molecule has 4 fully saturated rings. The van der Waals surface area contributed by atoms with Crippen LogP contribution in [0.15, 0.2) is 29.2 Å². The Bertz CT molecular complexity index is 1240. The molecule has 12 atom stereocenters. The van der Waals surface area contributed by atoms with E-state index in [9.17, 15) is 23.4 Å². The fourth-order valence-electron chi connectivity index (χ4n) is 10.5. The molecule has 236 valence electrons. The lowest BCUT2D eigenvalue weighted by Crippen LogP contribution is -2.65. The molecular formula is C33H51FN2O5S. The van der Waals surface area contributed by atoms with Crippen LogP contribution in [0.3, 0.4) is 0 Å². The van der Waals surface area contributed by atoms with Gasteiger partial charge in [-0.15, -0.1) is 0 Å². The molecule has 1 aromatic rings. The zero-order chi connectivity index (χ0) is 30.6. The maximum Gasteiger partial charge on any atom is 0.328 e. The van der Waals surface area contributed by atoms with Crippen molar-refractivity contribution in [2.45, 2.75) is 109 Å². The highest BCUT2D eigenvalue weighted by Crippen LogP contribution is 2.69. The van der Waals surface area contributed by atoms with Crippen LogP contribution in [0.25, 0.3) is 0 Å². The average molecular weight is 607 g/mol. The van der Waals surface area contributed by atoms with Crippen LogP contribution in [0.4, 0.5) is 9.18 Å². The molecule has 0 unspecified atom stereocenters. The first-order valence-corrected chi connectivity index (χ1v) is 17.6. The summed E-state index contributed by atoms with van der Waals surface area (Å²) in [6, 6.07) is 5.64. The summed E-state index contributed by atoms with van der Waals surface area (Å²) in [6.45, 7) is 11.2. The molecule has 4 saturated carbocycles. The van der Waals surface area contributed by atoms with Crippen LogP contribution in [0.1, 0.15) is 84.6 Å². The molecule has 1 aromatic carbocycles. The highest BCUT2D eigenvalue weighted by Gasteiger charge is 2.66. The predicted molar refractivity (Wildman–Crippen MR) is 161 cm³/mol. The summed E-state index contributed by atoms with van der Waals surface area (Å²) in [5, 5.41) is 25.0. The number of benzene rings is 1. The van der Waals surface area contributed by atoms with E-state index >= 15 is 4.39 Å². The van der Waals surface area contributed by atoms with E-state index in [0.717, 1.165) is 44.1 Å². The quantitative estimate of drug-likeness (QED) is 0.323. The maximum atomic E-state index is 15.6. The van der Waals surface area contributed by atoms with E-state index in [-0.39, 0.29) is 39.4 Å². The lowest BCUT2D eigenvalue weighted by molar-refractivity contribution is -0.222. The van der Waals surface area contributed by atoms with Gasteiger partial charge in [-0.3, -0.25) is 0 Å². The number of hydrogen-bond donors (Lipinski definition) is 4. The van der Waals surface area contributed by atoms with E-state index in [0.29, 0.717) is 37.1 Å². The van der Waals surface area contributed by atoms with Gasteiger partial charge in [-0.1, -0.05) is 51.8 Å². The fourth-order valence-corrected chi connectivity index (χ4v) is 11.4. The van der Waals surface area contributed by atoms with E-state index < -0.39 is 34.4 Å². The van der Waals surface area contributed by atoms with Crippen LogP contribution in [-0.4, -0.2) is 49.6 Å². The standard InChI is InChI=1S/C33H51FN2O5S/c1-6-22-28-29(34)26(37)14-17-33(28,5)25-13-16-32(4)23(11-12-24(32)27(25)30(22)38)20(3)15-18-35-31(39)36-42(40,41)21-9-7-19(2)8-10-21/h7-10,20,22-30,37-38H,6,11-18H2,1-5H3,(H2,35,36,39)/t20-,22-,23-,24+,25+,26-,27+,28-,29+,30-,32-,33-/m1/s1. The first-order chi connectivity index (χ1) is 19.7. The molecule has 0 bridgehead atoms. The van der Waals surface area contributed by atoms with Gasteiger partial charge in [0.05, 0.1) is 17.1 Å². The molecule has 4 aliphatic carbocycles. The fraction of sp³-hybridized carbons (Fsp3) is 0.788. The Morgan fingerprint density at radius 1 is 1.05 bits per heavy atom. The summed E-state index contributed by atoms with van der Waals surface area (Å²) < 4.78 is 42.8. The molecule has 0 aromatic heterocycles. The summed E-state index contributed by atoms with van der Waals surface area (Å²) in [5.41, 5.74) is 0.793. The van der Waals surface area contributed by atoms with Gasteiger partial charge in [0.25, 0.3) is 10.0 Å². The first kappa shape index (κ1) is 31.7. The number of aryl methyl sites for hydroxylation is 1. The summed E-state index contributed by atoms with van der Waals surface area (Å²) in [5.74, 6) is 1.09. The van der Waals surface area contributed by atoms with E-state index in [4.69, 9.17) is 0 Å². The summed E-state index contributed by atoms with van der Waals surface area (Å²) >= 11 is 0. The van der Waals surface area contributed by atoms with Gasteiger partial charge in [-0.25, -0.2) is 22.3 Å². The smallest absolute Gasteiger partial charge is 0.328 e. The van der Waals surface area contributed by atoms with Crippen molar-refractivity contribution in [3.05, 3.63) is 29.8 Å². The van der Waals surface area contributed by atoms with Gasteiger partial charge >= 0.3 is 6.03 Å². The molecule has 7 nitrogen and oxygen atoms in total. The van der Waals surface area contributed by atoms with Crippen molar-refractivity contribution in [1.82, 2.24) is 10.0 Å². The highest BCUT2D eigenvalue weighted by atomic mass is 32.2. The van der Waals surface area contributed by atoms with Crippen LogP contribution in [0, 0.1) is 59.2 Å². The Labute approximate surface area is 251 Å². The Hall–Kier alpha value is -1.71. The SMILES string of the molecule is CC[C@H]1[C@@H](O)[C@@H]2[C@H](CC[C@]3(C)[C@@H]([C@H](C)CCNC(=O)NS(=O)(=O)c4ccc(C)cc4)CC[C@@H]23)[C@@]2(C)CC[C@@H](O)[C@H](F)[C@@H]12. The molecule has 2 amide bonds. The maximum absolute atomic E-state index is 15.6. The van der Waals surface area contributed by atoms with Crippen molar-refractivity contribution >= 4 is 16.1 Å². The molecule has 0 saturated heterocycles. The van der Waals surface area contributed by atoms with Crippen molar-refractivity contribution < 1.29 is 27.8 Å². The third-order valence-corrected chi connectivity index (χ3v) is 13.9. The number of halogens is 1. The monoisotopic (exact) mass is 606 g/mol. The van der Waals surface area contributed by atoms with Crippen LogP contribution >= 0.6 is 0 Å². The number of urea groups is 1. The van der Waals surface area contributed by atoms with Crippen LogP contribution in [0.5, 0.6) is 0 Å². The van der Waals surface area contributed by atoms with Gasteiger partial charge in [-0.05, 0) is 110 Å². The molecule has 0 spiro atoms. The van der Waals surface area contributed by atoms with Gasteiger partial charge in [-0.2, -0.15) is 0 Å². The second kappa shape index (κ2) is 11.7. The normalized spacial score (nSPS) is 42.1. The number of carbonyl (C=O) groups excluding carboxylic acids is 1. The van der Waals surface area contributed by atoms with Crippen molar-refractivity contribution in [2.24, 2.45) is 52.3 Å². The van der Waals surface area contributed by atoms with Gasteiger partial charge in [0, 0.05) is 12.5 Å². The second-order valence-corrected chi connectivity index (χ2v) is 16.3. The minimum atomic E-state index is -3.93. The molecule has 0 aliphatic heterocycles. The third kappa shape index (κ3) is 5.29. The first-order valence-electron chi connectivity index (χ1n) is 16.1. The molecule has 9 heteroatoms. The molecule has 0 heterocycles. The number of carbonyl (C=O) groups is 1. The highest BCUT2D eigenvalue weighted by molar-refractivity contribution is 7.90. The number of aliphatic hydroxyl groups excluding tert-OH is 2. The summed E-state index contributed by atoms with van der Waals surface area (Å²) in [6.07, 6.45) is 4.15. The van der Waals surface area contributed by atoms with Gasteiger partial charge < -0.3 is 15.5 Å². The Kier molecular flexibility index (Phi) is 8.80. The molecule has 4 aliphatic rings. The van der Waals surface area contributed by atoms with E-state index in [2.05, 4.69) is 37.7 Å². The minimum absolute atomic E-state index is 0.0546. The van der Waals surface area contributed by atoms with Crippen LogP contribution in [-0.2, 0) is 10.0 Å². The van der Waals surface area contributed by atoms with Crippen molar-refractivity contribution in [3.8, 4) is 0 Å². The number of sulfonamides is 1. The van der Waals surface area contributed by atoms with Gasteiger partial charge in [0.1, 0.15) is 6.17 Å². The van der Waals surface area contributed by atoms with Crippen LogP contribution in [0.2, 0.25) is 0 Å². The summed E-state index contributed by atoms with van der Waals surface area (Å²) in [4.78, 5) is 12.5. The number of hydrogen-bond acceptors (Lipinski definition) is 5. The number of rotatable bonds is 7. The molecule has 42 heavy (non-hydrogen) atoms. The van der Waals surface area contributed by atoms with Crippen molar-refractivity contribution in [2.75, 3.05) is 6.54 Å². The number of nitrogens with one attached hydrogen (secondary N) is 2. The lowest BCUT2D eigenvalue weighted by Gasteiger charge is -2.65. The molecule has 5 rings (SSSR count). The summed E-state index contributed by atoms with van der Waals surface area (Å²) in [7, 11) is -3.93. The number of amides is 2. The van der Waals surface area contributed by atoms with E-state index in [1.165, 1.54) is 12.1 Å². The van der Waals surface area contributed by atoms with E-state index in [1.54, 1.807) is 12.1 Å². The van der Waals surface area contributed by atoms with Gasteiger partial charge in [0.15, 0.2) is 0 Å². The molecule has 4 N–H and O–H groups in total. The van der Waals surface area contributed by atoms with E-state index in [1.807, 2.05) is 6.92 Å². The van der Waals surface area contributed by atoms with Crippen LogP contribution < -0.4 is 10.0 Å². The number of alkyl halides is 1. The third-order valence-electron chi connectivity index (χ3n) is 12.6. The van der Waals surface area contributed by atoms with Crippen molar-refractivity contribution in [3.63, 3.8) is 0 Å². The minimum Gasteiger partial charge on any atom is -0.393 e. The Morgan fingerprint density at radius 3 is 2.36 bits per heavy atom. The molecular weight excluding hydrogens is 555 g/mol. The van der Waals surface area contributed by atoms with Crippen molar-refractivity contribution in [1.29, 1.82) is 0 Å². The Morgan fingerprint density at radius 2 is 1.69 bits per heavy atom.